The molecule has 1 heterocycles. The maximum Gasteiger partial charge on any atom is 0.340 e. The van der Waals surface area contributed by atoms with Gasteiger partial charge in [-0.3, -0.25) is 0 Å². The van der Waals surface area contributed by atoms with Gasteiger partial charge in [0.05, 0.1) is 17.9 Å². The number of benzene rings is 1. The normalized spacial score (nSPS) is 12.9. The van der Waals surface area contributed by atoms with Crippen molar-refractivity contribution in [3.05, 3.63) is 47.2 Å². The lowest BCUT2D eigenvalue weighted by Gasteiger charge is -2.31. The van der Waals surface area contributed by atoms with E-state index in [4.69, 9.17) is 4.74 Å². The van der Waals surface area contributed by atoms with Crippen molar-refractivity contribution >= 4 is 17.2 Å². The minimum absolute atomic E-state index is 0.300. The molecule has 1 aliphatic rings. The monoisotopic (exact) mass is 315 g/mol. The van der Waals surface area contributed by atoms with E-state index in [-0.39, 0.29) is 5.97 Å². The van der Waals surface area contributed by atoms with Crippen molar-refractivity contribution in [3.8, 4) is 0 Å². The second-order valence-electron chi connectivity index (χ2n) is 5.20. The van der Waals surface area contributed by atoms with E-state index >= 15 is 0 Å². The van der Waals surface area contributed by atoms with Gasteiger partial charge in [0.15, 0.2) is 0 Å². The number of fused-ring (bicyclic) bond motifs is 1. The van der Waals surface area contributed by atoms with E-state index in [1.807, 2.05) is 27.0 Å². The number of esters is 1. The van der Waals surface area contributed by atoms with Gasteiger partial charge in [0.25, 0.3) is 0 Å². The number of carbonyl (C=O) groups is 1. The molecule has 3 heteroatoms. The summed E-state index contributed by atoms with van der Waals surface area (Å²) in [5, 5.41) is 0. The van der Waals surface area contributed by atoms with Crippen LogP contribution in [0, 0.1) is 6.92 Å². The minimum atomic E-state index is -0.300. The highest BCUT2D eigenvalue weighted by atomic mass is 16.5. The molecule has 0 atom stereocenters. The van der Waals surface area contributed by atoms with Gasteiger partial charge < -0.3 is 9.64 Å². The molecule has 0 amide bonds. The Morgan fingerprint density at radius 3 is 2.39 bits per heavy atom. The Hall–Kier alpha value is -2.03. The summed E-state index contributed by atoms with van der Waals surface area (Å²) in [5.74, 6) is -0.300. The number of ether oxygens (including phenoxy) is 1. The minimum Gasteiger partial charge on any atom is -0.462 e. The molecule has 23 heavy (non-hydrogen) atoms. The second-order valence-corrected chi connectivity index (χ2v) is 5.20. The summed E-state index contributed by atoms with van der Waals surface area (Å²) in [7, 11) is 0. The molecule has 0 spiro atoms. The van der Waals surface area contributed by atoms with E-state index in [1.54, 1.807) is 0 Å². The molecule has 1 aliphatic heterocycles. The second kappa shape index (κ2) is 8.56. The van der Waals surface area contributed by atoms with Crippen molar-refractivity contribution < 1.29 is 9.53 Å². The molecule has 0 fully saturated rings. The van der Waals surface area contributed by atoms with Gasteiger partial charge in [0.1, 0.15) is 0 Å². The molecule has 0 N–H and O–H groups in total. The lowest BCUT2D eigenvalue weighted by molar-refractivity contribution is -0.138. The Balaban J connectivity index is 0.00000127. The first kappa shape index (κ1) is 19.0. The first-order valence-corrected chi connectivity index (χ1v) is 8.52. The first-order chi connectivity index (χ1) is 11.0. The molecule has 2 rings (SSSR count). The van der Waals surface area contributed by atoms with Gasteiger partial charge in [0.2, 0.25) is 0 Å². The van der Waals surface area contributed by atoms with Crippen molar-refractivity contribution in [2.24, 2.45) is 0 Å². The predicted octanol–water partition coefficient (Wildman–Crippen LogP) is 4.88. The fraction of sp³-hybridized carbons (Fsp3) is 0.450. The van der Waals surface area contributed by atoms with Crippen molar-refractivity contribution in [1.82, 2.24) is 0 Å². The molecule has 0 radical (unpaired) electrons. The average Bonchev–Trinajstić information content (AvgIpc) is 2.57. The highest BCUT2D eigenvalue weighted by molar-refractivity contribution is 6.09. The topological polar surface area (TPSA) is 29.5 Å². The largest absolute Gasteiger partial charge is 0.462 e. The maximum atomic E-state index is 12.1. The van der Waals surface area contributed by atoms with Gasteiger partial charge in [-0.1, -0.05) is 39.0 Å². The number of nitrogens with zero attached hydrogens (tertiary/aromatic N) is 1. The Labute approximate surface area is 140 Å². The Morgan fingerprint density at radius 2 is 1.87 bits per heavy atom. The van der Waals surface area contributed by atoms with Gasteiger partial charge in [0, 0.05) is 18.3 Å². The van der Waals surface area contributed by atoms with Crippen LogP contribution in [-0.2, 0) is 16.0 Å². The van der Waals surface area contributed by atoms with Crippen LogP contribution in [0.15, 0.2) is 30.5 Å². The molecule has 126 valence electrons. The SMILES string of the molecule is C=C1C(C(=O)OCC)=CN(CC)c2c(CC)cc(C)cc21.CC. The summed E-state index contributed by atoms with van der Waals surface area (Å²) in [4.78, 5) is 14.3. The number of anilines is 1. The smallest absolute Gasteiger partial charge is 0.340 e. The van der Waals surface area contributed by atoms with Gasteiger partial charge >= 0.3 is 5.97 Å². The fourth-order valence-electron chi connectivity index (χ4n) is 2.77. The number of rotatable bonds is 4. The summed E-state index contributed by atoms with van der Waals surface area (Å²) in [6.07, 6.45) is 2.83. The van der Waals surface area contributed by atoms with E-state index in [2.05, 4.69) is 44.4 Å². The zero-order valence-electron chi connectivity index (χ0n) is 15.3. The van der Waals surface area contributed by atoms with E-state index in [0.717, 1.165) is 24.1 Å². The van der Waals surface area contributed by atoms with E-state index < -0.39 is 0 Å². The highest BCUT2D eigenvalue weighted by Crippen LogP contribution is 2.39. The van der Waals surface area contributed by atoms with Crippen molar-refractivity contribution in [1.29, 1.82) is 0 Å². The van der Waals surface area contributed by atoms with Crippen molar-refractivity contribution in [2.45, 2.75) is 48.0 Å². The first-order valence-electron chi connectivity index (χ1n) is 8.52. The van der Waals surface area contributed by atoms with Gasteiger partial charge in [-0.15, -0.1) is 0 Å². The number of hydrogen-bond acceptors (Lipinski definition) is 3. The fourth-order valence-corrected chi connectivity index (χ4v) is 2.77. The van der Waals surface area contributed by atoms with E-state index in [9.17, 15) is 4.79 Å². The average molecular weight is 315 g/mol. The number of carbonyl (C=O) groups excluding carboxylic acids is 1. The molecule has 3 nitrogen and oxygen atoms in total. The van der Waals surface area contributed by atoms with Crippen LogP contribution in [0.3, 0.4) is 0 Å². The molecule has 0 aliphatic carbocycles. The van der Waals surface area contributed by atoms with Crippen LogP contribution in [0.2, 0.25) is 0 Å². The Bertz CT molecular complexity index is 614. The third kappa shape index (κ3) is 3.84. The Kier molecular flexibility index (Phi) is 7.08. The zero-order chi connectivity index (χ0) is 17.6. The Morgan fingerprint density at radius 1 is 1.22 bits per heavy atom. The molecule has 0 saturated carbocycles. The molecule has 1 aromatic carbocycles. The molecule has 0 unspecified atom stereocenters. The third-order valence-electron chi connectivity index (χ3n) is 3.77. The molecule has 1 aromatic rings. The van der Waals surface area contributed by atoms with E-state index in [0.29, 0.717) is 12.2 Å². The van der Waals surface area contributed by atoms with Crippen molar-refractivity contribution in [3.63, 3.8) is 0 Å². The van der Waals surface area contributed by atoms with Crippen LogP contribution in [0.1, 0.15) is 51.3 Å². The summed E-state index contributed by atoms with van der Waals surface area (Å²) < 4.78 is 5.15. The zero-order valence-corrected chi connectivity index (χ0v) is 15.3. The standard InChI is InChI=1S/C18H23NO2.C2H6/c1-6-14-9-12(4)10-15-13(5)16(18(20)21-8-3)11-19(7-2)17(14)15;1-2/h9-11H,5-8H2,1-4H3;1-2H3. The lowest BCUT2D eigenvalue weighted by atomic mass is 9.90. The molecular formula is C20H29NO2. The molecule has 0 bridgehead atoms. The van der Waals surface area contributed by atoms with Crippen LogP contribution in [0.4, 0.5) is 5.69 Å². The molecular weight excluding hydrogens is 286 g/mol. The van der Waals surface area contributed by atoms with Crippen LogP contribution < -0.4 is 4.90 Å². The summed E-state index contributed by atoms with van der Waals surface area (Å²) in [6.45, 7) is 17.4. The van der Waals surface area contributed by atoms with Crippen LogP contribution in [0.25, 0.3) is 5.57 Å². The molecule has 0 aromatic heterocycles. The number of hydrogen-bond donors (Lipinski definition) is 0. The van der Waals surface area contributed by atoms with Gasteiger partial charge in [-0.25, -0.2) is 4.79 Å². The van der Waals surface area contributed by atoms with Crippen molar-refractivity contribution in [2.75, 3.05) is 18.1 Å². The van der Waals surface area contributed by atoms with Gasteiger partial charge in [-0.2, -0.15) is 0 Å². The maximum absolute atomic E-state index is 12.1. The highest BCUT2D eigenvalue weighted by Gasteiger charge is 2.27. The summed E-state index contributed by atoms with van der Waals surface area (Å²) in [6, 6.07) is 4.31. The quantitative estimate of drug-likeness (QED) is 0.741. The summed E-state index contributed by atoms with van der Waals surface area (Å²) >= 11 is 0. The molecule has 0 saturated heterocycles. The van der Waals surface area contributed by atoms with Gasteiger partial charge in [-0.05, 0) is 44.4 Å². The lowest BCUT2D eigenvalue weighted by Crippen LogP contribution is -2.25. The van der Waals surface area contributed by atoms with Crippen LogP contribution in [-0.4, -0.2) is 19.1 Å². The number of aryl methyl sites for hydroxylation is 2. The summed E-state index contributed by atoms with van der Waals surface area (Å²) in [5.41, 5.74) is 5.99. The van der Waals surface area contributed by atoms with E-state index in [1.165, 1.54) is 16.8 Å². The predicted molar refractivity (Wildman–Crippen MR) is 98.7 cm³/mol. The van der Waals surface area contributed by atoms with Crippen LogP contribution in [0.5, 0.6) is 0 Å². The third-order valence-corrected chi connectivity index (χ3v) is 3.77. The van der Waals surface area contributed by atoms with Crippen LogP contribution >= 0.6 is 0 Å².